The molecule has 0 fully saturated rings. The molecule has 5 aromatic rings. The Balaban J connectivity index is 1.57. The van der Waals surface area contributed by atoms with Crippen LogP contribution in [0.4, 0.5) is 14.4 Å². The van der Waals surface area contributed by atoms with Crippen molar-refractivity contribution >= 4 is 35.1 Å². The summed E-state index contributed by atoms with van der Waals surface area (Å²) in [6.45, 7) is -2.23. The van der Waals surface area contributed by atoms with E-state index in [0.717, 1.165) is 33.0 Å². The van der Waals surface area contributed by atoms with Crippen LogP contribution >= 0.6 is 0 Å². The predicted octanol–water partition coefficient (Wildman–Crippen LogP) is 7.06. The van der Waals surface area contributed by atoms with E-state index in [-0.39, 0.29) is 11.7 Å². The molecule has 4 aromatic carbocycles. The van der Waals surface area contributed by atoms with Gasteiger partial charge < -0.3 is 22.3 Å². The summed E-state index contributed by atoms with van der Waals surface area (Å²) < 4.78 is 41.9. The standard InChI is InChI=1S/C31H24BF2N3O/c1-3-20-12-14-21(15-13-20)28-24-8-4-6-10-26(24)30-35-31-27-11-7-5-9-25(27)29(37(31)32(33,34)36(28)30)22-16-18-23(38-2)19-17-22/h4-19H,3H2,1-2H3. The fourth-order valence-electron chi connectivity index (χ4n) is 5.79. The van der Waals surface area contributed by atoms with E-state index < -0.39 is 6.97 Å². The number of halogens is 2. The van der Waals surface area contributed by atoms with Crippen LogP contribution in [0.3, 0.4) is 0 Å². The van der Waals surface area contributed by atoms with Crippen molar-refractivity contribution in [3.05, 3.63) is 119 Å². The Bertz CT molecular complexity index is 1800. The van der Waals surface area contributed by atoms with E-state index in [1.54, 1.807) is 19.2 Å². The number of hydrogen-bond acceptors (Lipinski definition) is 2. The SMILES string of the molecule is CCc1ccc(C2=[N+]3C(=Nc4c5ccccc5c(-c5ccc(OC)cc5)n4[B-]3(F)F)c3ccccc32)cc1. The Morgan fingerprint density at radius 2 is 1.42 bits per heavy atom. The van der Waals surface area contributed by atoms with Crippen molar-refractivity contribution in [3.8, 4) is 17.0 Å². The number of amidine groups is 1. The van der Waals surface area contributed by atoms with E-state index >= 15 is 8.63 Å². The number of hydrogen-bond donors (Lipinski definition) is 0. The van der Waals surface area contributed by atoms with Gasteiger partial charge in [-0.15, -0.1) is 0 Å². The van der Waals surface area contributed by atoms with Crippen molar-refractivity contribution in [2.45, 2.75) is 13.3 Å². The Hall–Kier alpha value is -4.52. The molecule has 2 aliphatic rings. The minimum absolute atomic E-state index is 0.278. The highest BCUT2D eigenvalue weighted by Gasteiger charge is 2.54. The molecule has 0 spiro atoms. The summed E-state index contributed by atoms with van der Waals surface area (Å²) in [5.74, 6) is 1.24. The van der Waals surface area contributed by atoms with E-state index in [1.807, 2.05) is 84.9 Å². The molecule has 0 unspecified atom stereocenters. The molecule has 0 bridgehead atoms. The Labute approximate surface area is 219 Å². The van der Waals surface area contributed by atoms with Gasteiger partial charge in [-0.05, 0) is 65.0 Å². The first-order valence-electron chi connectivity index (χ1n) is 12.8. The van der Waals surface area contributed by atoms with Crippen LogP contribution in [0.1, 0.15) is 29.2 Å². The average molecular weight is 503 g/mol. The molecule has 7 rings (SSSR count). The lowest BCUT2D eigenvalue weighted by Crippen LogP contribution is -2.52. The van der Waals surface area contributed by atoms with Crippen molar-refractivity contribution in [1.82, 2.24) is 4.48 Å². The van der Waals surface area contributed by atoms with E-state index in [4.69, 9.17) is 9.73 Å². The average Bonchev–Trinajstić information content (AvgIpc) is 3.48. The number of aliphatic imine (C=N–C) groups is 1. The number of aromatic nitrogens is 1. The largest absolute Gasteiger partial charge is 0.642 e. The third-order valence-electron chi connectivity index (χ3n) is 7.62. The highest BCUT2D eigenvalue weighted by Crippen LogP contribution is 2.46. The number of rotatable bonds is 4. The Kier molecular flexibility index (Phi) is 4.92. The van der Waals surface area contributed by atoms with Gasteiger partial charge in [0.15, 0.2) is 0 Å². The maximum atomic E-state index is 17.2. The molecule has 186 valence electrons. The molecule has 0 N–H and O–H groups in total. The maximum absolute atomic E-state index is 17.2. The molecule has 0 radical (unpaired) electrons. The lowest BCUT2D eigenvalue weighted by atomic mass is 9.91. The molecule has 7 heteroatoms. The van der Waals surface area contributed by atoms with Crippen LogP contribution in [0, 0.1) is 0 Å². The van der Waals surface area contributed by atoms with Crippen molar-refractivity contribution in [1.29, 1.82) is 0 Å². The monoisotopic (exact) mass is 503 g/mol. The number of nitrogens with zero attached hydrogens (tertiary/aromatic N) is 3. The normalized spacial score (nSPS) is 15.2. The zero-order valence-electron chi connectivity index (χ0n) is 21.0. The second kappa shape index (κ2) is 8.25. The summed E-state index contributed by atoms with van der Waals surface area (Å²) in [6.07, 6.45) is 0.882. The highest BCUT2D eigenvalue weighted by molar-refractivity contribution is 6.62. The van der Waals surface area contributed by atoms with Gasteiger partial charge in [0.1, 0.15) is 11.5 Å². The first-order chi connectivity index (χ1) is 18.5. The highest BCUT2D eigenvalue weighted by atomic mass is 19.2. The summed E-state index contributed by atoms with van der Waals surface area (Å²) in [5.41, 5.74) is 4.99. The van der Waals surface area contributed by atoms with E-state index in [0.29, 0.717) is 33.7 Å². The smallest absolute Gasteiger partial charge is 0.497 e. The molecule has 0 atom stereocenters. The summed E-state index contributed by atoms with van der Waals surface area (Å²) in [7, 11) is 1.59. The van der Waals surface area contributed by atoms with Gasteiger partial charge in [0.05, 0.1) is 12.7 Å². The fraction of sp³-hybridized carbons (Fsp3) is 0.0968. The molecule has 0 amide bonds. The summed E-state index contributed by atoms with van der Waals surface area (Å²) >= 11 is 0. The van der Waals surface area contributed by atoms with Crippen molar-refractivity contribution in [2.24, 2.45) is 4.99 Å². The topological polar surface area (TPSA) is 29.5 Å². The molecule has 1 aromatic heterocycles. The number of methoxy groups -OCH3 is 1. The van der Waals surface area contributed by atoms with Gasteiger partial charge in [0, 0.05) is 27.6 Å². The van der Waals surface area contributed by atoms with Crippen molar-refractivity contribution < 1.29 is 17.9 Å². The zero-order valence-corrected chi connectivity index (χ0v) is 21.0. The molecule has 3 heterocycles. The van der Waals surface area contributed by atoms with Gasteiger partial charge >= 0.3 is 6.97 Å². The van der Waals surface area contributed by atoms with E-state index in [1.165, 1.54) is 4.49 Å². The van der Waals surface area contributed by atoms with Gasteiger partial charge in [-0.1, -0.05) is 61.5 Å². The minimum Gasteiger partial charge on any atom is -0.497 e. The first kappa shape index (κ1) is 22.7. The van der Waals surface area contributed by atoms with Gasteiger partial charge in [-0.2, -0.15) is 0 Å². The van der Waals surface area contributed by atoms with Gasteiger partial charge in [-0.25, -0.2) is 0 Å². The zero-order chi connectivity index (χ0) is 26.0. The van der Waals surface area contributed by atoms with Gasteiger partial charge in [-0.3, -0.25) is 0 Å². The van der Waals surface area contributed by atoms with Crippen LogP contribution in [0.25, 0.3) is 22.0 Å². The van der Waals surface area contributed by atoms with Gasteiger partial charge in [0.25, 0.3) is 5.84 Å². The van der Waals surface area contributed by atoms with Gasteiger partial charge in [0.2, 0.25) is 5.82 Å². The molecule has 0 aliphatic carbocycles. The van der Waals surface area contributed by atoms with Crippen LogP contribution in [-0.4, -0.2) is 34.6 Å². The quantitative estimate of drug-likeness (QED) is 0.242. The molecular weight excluding hydrogens is 479 g/mol. The van der Waals surface area contributed by atoms with Crippen LogP contribution in [0.2, 0.25) is 0 Å². The van der Waals surface area contributed by atoms with Crippen molar-refractivity contribution in [2.75, 3.05) is 7.11 Å². The third kappa shape index (κ3) is 3.08. The van der Waals surface area contributed by atoms with E-state index in [2.05, 4.69) is 6.92 Å². The number of ether oxygens (including phenoxy) is 1. The van der Waals surface area contributed by atoms with Crippen LogP contribution in [-0.2, 0) is 6.42 Å². The molecule has 2 aliphatic heterocycles. The van der Waals surface area contributed by atoms with E-state index in [9.17, 15) is 0 Å². The maximum Gasteiger partial charge on any atom is 0.642 e. The van der Waals surface area contributed by atoms with Crippen LogP contribution in [0.5, 0.6) is 5.75 Å². The number of fused-ring (bicyclic) bond motifs is 6. The lowest BCUT2D eigenvalue weighted by molar-refractivity contribution is -0.292. The second-order valence-corrected chi connectivity index (χ2v) is 9.65. The summed E-state index contributed by atoms with van der Waals surface area (Å²) in [5, 5.41) is 1.44. The molecule has 0 saturated heterocycles. The fourth-order valence-corrected chi connectivity index (χ4v) is 5.79. The number of benzene rings is 4. The predicted molar refractivity (Wildman–Crippen MR) is 149 cm³/mol. The summed E-state index contributed by atoms with van der Waals surface area (Å²) in [6, 6.07) is 30.2. The van der Waals surface area contributed by atoms with Crippen LogP contribution in [0.15, 0.2) is 102 Å². The van der Waals surface area contributed by atoms with Crippen LogP contribution < -0.4 is 4.74 Å². The Morgan fingerprint density at radius 3 is 2.11 bits per heavy atom. The number of aryl methyl sites for hydroxylation is 1. The molecule has 38 heavy (non-hydrogen) atoms. The molecular formula is C31H24BF2N3O. The lowest BCUT2D eigenvalue weighted by Gasteiger charge is -2.31. The molecule has 4 nitrogen and oxygen atoms in total. The summed E-state index contributed by atoms with van der Waals surface area (Å²) in [4.78, 5) is 4.96. The molecule has 0 saturated carbocycles. The minimum atomic E-state index is -4.31. The first-order valence-corrected chi connectivity index (χ1v) is 12.8. The third-order valence-corrected chi connectivity index (χ3v) is 7.62. The van der Waals surface area contributed by atoms with Crippen molar-refractivity contribution in [3.63, 3.8) is 0 Å². The Morgan fingerprint density at radius 1 is 0.789 bits per heavy atom. The second-order valence-electron chi connectivity index (χ2n) is 9.65.